The van der Waals surface area contributed by atoms with Crippen LogP contribution in [0.3, 0.4) is 0 Å². The van der Waals surface area contributed by atoms with E-state index in [-0.39, 0.29) is 17.8 Å². The fourth-order valence-electron chi connectivity index (χ4n) is 3.66. The normalized spacial score (nSPS) is 20.5. The monoisotopic (exact) mass is 374 g/mol. The average Bonchev–Trinajstić information content (AvgIpc) is 2.99. The minimum absolute atomic E-state index is 0.0367. The van der Waals surface area contributed by atoms with Gasteiger partial charge in [0.05, 0.1) is 20.3 Å². The highest BCUT2D eigenvalue weighted by atomic mass is 16.5. The molecule has 0 saturated heterocycles. The molecule has 6 nitrogen and oxygen atoms in total. The number of phenolic OH excluding ortho intramolecular Hbond substituents is 1. The van der Waals surface area contributed by atoms with Crippen molar-refractivity contribution in [3.8, 4) is 23.0 Å². The molecule has 2 aromatic rings. The Morgan fingerprint density at radius 1 is 1.04 bits per heavy atom. The molecule has 0 saturated carbocycles. The Hall–Kier alpha value is -2.44. The molecule has 0 fully saturated rings. The van der Waals surface area contributed by atoms with Gasteiger partial charge in [-0.15, -0.1) is 0 Å². The van der Waals surface area contributed by atoms with E-state index in [9.17, 15) is 10.2 Å². The lowest BCUT2D eigenvalue weighted by Crippen LogP contribution is -2.16. The van der Waals surface area contributed by atoms with E-state index in [4.69, 9.17) is 18.9 Å². The van der Waals surface area contributed by atoms with Crippen LogP contribution in [0.25, 0.3) is 0 Å². The van der Waals surface area contributed by atoms with Crippen molar-refractivity contribution in [2.45, 2.75) is 38.1 Å². The van der Waals surface area contributed by atoms with E-state index in [1.165, 1.54) is 7.11 Å². The molecule has 0 aromatic heterocycles. The van der Waals surface area contributed by atoms with Crippen LogP contribution in [0.15, 0.2) is 30.3 Å². The SMILES string of the molecule is COc1cc([C@H]2Oc3c(OC)cc([C@@H](OC)[C@@H](C)O)cc3[C@@H]2C)ccc1O. The zero-order valence-electron chi connectivity index (χ0n) is 16.2. The van der Waals surface area contributed by atoms with Gasteiger partial charge in [-0.2, -0.15) is 0 Å². The Morgan fingerprint density at radius 2 is 1.74 bits per heavy atom. The molecule has 4 atom stereocenters. The van der Waals surface area contributed by atoms with Crippen LogP contribution in [0.1, 0.15) is 48.7 Å². The lowest BCUT2D eigenvalue weighted by molar-refractivity contribution is -0.00361. The summed E-state index contributed by atoms with van der Waals surface area (Å²) in [5.41, 5.74) is 2.72. The number of phenols is 1. The summed E-state index contributed by atoms with van der Waals surface area (Å²) >= 11 is 0. The van der Waals surface area contributed by atoms with Gasteiger partial charge in [0.2, 0.25) is 0 Å². The van der Waals surface area contributed by atoms with Gasteiger partial charge in [-0.25, -0.2) is 0 Å². The Kier molecular flexibility index (Phi) is 5.48. The van der Waals surface area contributed by atoms with Crippen molar-refractivity contribution in [2.24, 2.45) is 0 Å². The second-order valence-corrected chi connectivity index (χ2v) is 6.80. The third-order valence-electron chi connectivity index (χ3n) is 5.07. The molecule has 2 N–H and O–H groups in total. The number of fused-ring (bicyclic) bond motifs is 1. The molecule has 3 rings (SSSR count). The van der Waals surface area contributed by atoms with E-state index in [0.29, 0.717) is 17.2 Å². The smallest absolute Gasteiger partial charge is 0.165 e. The predicted molar refractivity (Wildman–Crippen MR) is 101 cm³/mol. The molecule has 2 aromatic carbocycles. The number of aliphatic hydroxyl groups is 1. The summed E-state index contributed by atoms with van der Waals surface area (Å²) in [6, 6.07) is 9.05. The number of rotatable bonds is 6. The van der Waals surface area contributed by atoms with Crippen molar-refractivity contribution in [2.75, 3.05) is 21.3 Å². The first-order chi connectivity index (χ1) is 12.9. The van der Waals surface area contributed by atoms with Gasteiger partial charge < -0.3 is 29.2 Å². The van der Waals surface area contributed by atoms with Crippen molar-refractivity contribution < 1.29 is 29.2 Å². The van der Waals surface area contributed by atoms with Crippen LogP contribution in [0.5, 0.6) is 23.0 Å². The molecule has 0 bridgehead atoms. The lowest BCUT2D eigenvalue weighted by Gasteiger charge is -2.20. The molecular weight excluding hydrogens is 348 g/mol. The Morgan fingerprint density at radius 3 is 2.33 bits per heavy atom. The van der Waals surface area contributed by atoms with Gasteiger partial charge in [0.1, 0.15) is 12.2 Å². The number of ether oxygens (including phenoxy) is 4. The fraction of sp³-hybridized carbons (Fsp3) is 0.429. The van der Waals surface area contributed by atoms with Crippen molar-refractivity contribution in [3.63, 3.8) is 0 Å². The van der Waals surface area contributed by atoms with Crippen molar-refractivity contribution >= 4 is 0 Å². The Balaban J connectivity index is 2.02. The summed E-state index contributed by atoms with van der Waals surface area (Å²) in [6.45, 7) is 3.77. The number of aromatic hydroxyl groups is 1. The molecule has 0 aliphatic carbocycles. The van der Waals surface area contributed by atoms with E-state index < -0.39 is 12.2 Å². The third-order valence-corrected chi connectivity index (χ3v) is 5.07. The second-order valence-electron chi connectivity index (χ2n) is 6.80. The summed E-state index contributed by atoms with van der Waals surface area (Å²) in [5.74, 6) is 1.82. The highest BCUT2D eigenvalue weighted by Crippen LogP contribution is 2.52. The van der Waals surface area contributed by atoms with E-state index in [1.807, 2.05) is 18.2 Å². The number of methoxy groups -OCH3 is 3. The maximum absolute atomic E-state index is 10.0. The summed E-state index contributed by atoms with van der Waals surface area (Å²) in [4.78, 5) is 0. The van der Waals surface area contributed by atoms with E-state index in [2.05, 4.69) is 6.92 Å². The quantitative estimate of drug-likeness (QED) is 0.803. The van der Waals surface area contributed by atoms with Gasteiger partial charge in [0, 0.05) is 18.6 Å². The minimum Gasteiger partial charge on any atom is -0.504 e. The highest BCUT2D eigenvalue weighted by molar-refractivity contribution is 5.56. The minimum atomic E-state index is -0.660. The molecule has 27 heavy (non-hydrogen) atoms. The zero-order valence-corrected chi connectivity index (χ0v) is 16.2. The topological polar surface area (TPSA) is 77.4 Å². The maximum Gasteiger partial charge on any atom is 0.165 e. The summed E-state index contributed by atoms with van der Waals surface area (Å²) < 4.78 is 22.4. The molecule has 146 valence electrons. The molecule has 1 heterocycles. The molecular formula is C21H26O6. The van der Waals surface area contributed by atoms with Crippen LogP contribution >= 0.6 is 0 Å². The average molecular weight is 374 g/mol. The molecule has 0 amide bonds. The van der Waals surface area contributed by atoms with E-state index >= 15 is 0 Å². The summed E-state index contributed by atoms with van der Waals surface area (Å²) in [6.07, 6.45) is -1.36. The molecule has 1 aliphatic rings. The van der Waals surface area contributed by atoms with Crippen molar-refractivity contribution in [1.29, 1.82) is 0 Å². The van der Waals surface area contributed by atoms with Crippen LogP contribution in [0.4, 0.5) is 0 Å². The largest absolute Gasteiger partial charge is 0.504 e. The van der Waals surface area contributed by atoms with Crippen LogP contribution in [0, 0.1) is 0 Å². The highest BCUT2D eigenvalue weighted by Gasteiger charge is 2.36. The first-order valence-electron chi connectivity index (χ1n) is 8.87. The molecule has 6 heteroatoms. The standard InChI is InChI=1S/C21H26O6/c1-11-15-8-14(20(26-5)12(2)22)10-18(25-4)21(15)27-19(11)13-6-7-16(23)17(9-13)24-3/h6-12,19-20,22-23H,1-5H3/t11-,12+,19-,20-/m0/s1. The van der Waals surface area contributed by atoms with Crippen LogP contribution in [-0.2, 0) is 4.74 Å². The van der Waals surface area contributed by atoms with Gasteiger partial charge in [-0.1, -0.05) is 13.0 Å². The van der Waals surface area contributed by atoms with Crippen molar-refractivity contribution in [1.82, 2.24) is 0 Å². The second kappa shape index (κ2) is 7.66. The van der Waals surface area contributed by atoms with Crippen LogP contribution < -0.4 is 14.2 Å². The number of hydrogen-bond acceptors (Lipinski definition) is 6. The maximum atomic E-state index is 10.0. The number of aliphatic hydroxyl groups excluding tert-OH is 1. The van der Waals surface area contributed by atoms with Gasteiger partial charge in [0.15, 0.2) is 23.0 Å². The first-order valence-corrected chi connectivity index (χ1v) is 8.87. The van der Waals surface area contributed by atoms with E-state index in [1.54, 1.807) is 33.3 Å². The molecule has 0 spiro atoms. The molecule has 0 unspecified atom stereocenters. The molecule has 0 radical (unpaired) electrons. The number of benzene rings is 2. The predicted octanol–water partition coefficient (Wildman–Crippen LogP) is 3.71. The van der Waals surface area contributed by atoms with Gasteiger partial charge in [-0.3, -0.25) is 0 Å². The van der Waals surface area contributed by atoms with Gasteiger partial charge >= 0.3 is 0 Å². The summed E-state index contributed by atoms with van der Waals surface area (Å²) in [5, 5.41) is 19.9. The Bertz CT molecular complexity index is 817. The lowest BCUT2D eigenvalue weighted by atomic mass is 9.90. The first kappa shape index (κ1) is 19.3. The third kappa shape index (κ3) is 3.42. The summed E-state index contributed by atoms with van der Waals surface area (Å²) in [7, 11) is 4.68. The van der Waals surface area contributed by atoms with Gasteiger partial charge in [-0.05, 0) is 42.3 Å². The molecule has 1 aliphatic heterocycles. The fourth-order valence-corrected chi connectivity index (χ4v) is 3.66. The van der Waals surface area contributed by atoms with E-state index in [0.717, 1.165) is 16.7 Å². The Labute approximate surface area is 159 Å². The van der Waals surface area contributed by atoms with Crippen LogP contribution in [0.2, 0.25) is 0 Å². The van der Waals surface area contributed by atoms with Crippen molar-refractivity contribution in [3.05, 3.63) is 47.0 Å². The van der Waals surface area contributed by atoms with Crippen LogP contribution in [-0.4, -0.2) is 37.6 Å². The van der Waals surface area contributed by atoms with Gasteiger partial charge in [0.25, 0.3) is 0 Å². The number of hydrogen-bond donors (Lipinski definition) is 2. The zero-order chi connectivity index (χ0) is 19.7.